The molecule has 0 aromatic carbocycles. The van der Waals surface area contributed by atoms with E-state index in [-0.39, 0.29) is 5.91 Å². The topological polar surface area (TPSA) is 46.9 Å². The molecule has 19 heavy (non-hydrogen) atoms. The molecule has 4 nitrogen and oxygen atoms in total. The zero-order valence-corrected chi connectivity index (χ0v) is 12.3. The van der Waals surface area contributed by atoms with E-state index in [0.717, 1.165) is 17.2 Å². The van der Waals surface area contributed by atoms with Crippen LogP contribution in [0.15, 0.2) is 24.5 Å². The molecule has 2 aromatic rings. The Labute approximate surface area is 117 Å². The summed E-state index contributed by atoms with van der Waals surface area (Å²) in [5.74, 6) is 0.576. The minimum absolute atomic E-state index is 0.0194. The Morgan fingerprint density at radius 1 is 1.42 bits per heavy atom. The van der Waals surface area contributed by atoms with Gasteiger partial charge in [-0.25, -0.2) is 4.98 Å². The number of carbonyl (C=O) groups excluding carboxylic acids is 1. The minimum atomic E-state index is -0.0194. The summed E-state index contributed by atoms with van der Waals surface area (Å²) in [7, 11) is 0. The number of carbonyl (C=O) groups is 1. The molecule has 0 atom stereocenters. The van der Waals surface area contributed by atoms with Crippen LogP contribution in [0, 0.1) is 12.8 Å². The molecule has 0 saturated heterocycles. The van der Waals surface area contributed by atoms with Crippen molar-refractivity contribution >= 4 is 17.2 Å². The van der Waals surface area contributed by atoms with Gasteiger partial charge in [-0.1, -0.05) is 25.2 Å². The Balaban J connectivity index is 2.06. The molecule has 0 radical (unpaired) electrons. The zero-order chi connectivity index (χ0) is 13.8. The van der Waals surface area contributed by atoms with Crippen LogP contribution in [-0.2, 0) is 0 Å². The second-order valence-electron chi connectivity index (χ2n) is 4.94. The molecule has 1 N–H and O–H groups in total. The molecule has 5 heteroatoms. The van der Waals surface area contributed by atoms with Crippen molar-refractivity contribution in [2.45, 2.75) is 27.2 Å². The highest BCUT2D eigenvalue weighted by atomic mass is 32.1. The summed E-state index contributed by atoms with van der Waals surface area (Å²) in [6.07, 6.45) is 4.85. The van der Waals surface area contributed by atoms with Crippen molar-refractivity contribution in [1.29, 1.82) is 0 Å². The molecule has 0 aliphatic heterocycles. The van der Waals surface area contributed by atoms with Gasteiger partial charge in [-0.05, 0) is 31.4 Å². The second kappa shape index (κ2) is 6.02. The lowest BCUT2D eigenvalue weighted by Gasteiger charge is -2.05. The molecule has 1 amide bonds. The average Bonchev–Trinajstić information content (AvgIpc) is 2.96. The molecule has 0 bridgehead atoms. The van der Waals surface area contributed by atoms with E-state index in [1.807, 2.05) is 36.0 Å². The first-order chi connectivity index (χ1) is 9.08. The quantitative estimate of drug-likeness (QED) is 0.913. The Kier molecular flexibility index (Phi) is 4.37. The molecule has 2 aromatic heterocycles. The van der Waals surface area contributed by atoms with E-state index in [1.54, 1.807) is 0 Å². The summed E-state index contributed by atoms with van der Waals surface area (Å²) < 4.78 is 1.92. The lowest BCUT2D eigenvalue weighted by atomic mass is 10.1. The van der Waals surface area contributed by atoms with Crippen molar-refractivity contribution in [2.24, 2.45) is 5.92 Å². The number of hydrogen-bond acceptors (Lipinski definition) is 3. The summed E-state index contributed by atoms with van der Waals surface area (Å²) in [4.78, 5) is 17.2. The first kappa shape index (κ1) is 13.8. The lowest BCUT2D eigenvalue weighted by molar-refractivity contribution is 0.0955. The molecule has 2 rings (SSSR count). The Morgan fingerprint density at radius 2 is 2.11 bits per heavy atom. The Hall–Kier alpha value is -1.62. The van der Waals surface area contributed by atoms with Gasteiger partial charge in [0, 0.05) is 18.9 Å². The van der Waals surface area contributed by atoms with Crippen molar-refractivity contribution in [1.82, 2.24) is 14.9 Å². The van der Waals surface area contributed by atoms with E-state index in [4.69, 9.17) is 0 Å². The molecule has 2 heterocycles. The van der Waals surface area contributed by atoms with Gasteiger partial charge in [0.2, 0.25) is 0 Å². The highest BCUT2D eigenvalue weighted by Gasteiger charge is 2.15. The van der Waals surface area contributed by atoms with Crippen LogP contribution in [0.3, 0.4) is 0 Å². The maximum atomic E-state index is 12.1. The number of aryl methyl sites for hydroxylation is 1. The third-order valence-electron chi connectivity index (χ3n) is 2.82. The number of nitrogens with one attached hydrogen (secondary N) is 1. The van der Waals surface area contributed by atoms with Gasteiger partial charge in [0.15, 0.2) is 5.13 Å². The molecule has 0 saturated carbocycles. The second-order valence-corrected chi connectivity index (χ2v) is 5.92. The minimum Gasteiger partial charge on any atom is -0.351 e. The van der Waals surface area contributed by atoms with Gasteiger partial charge < -0.3 is 9.88 Å². The van der Waals surface area contributed by atoms with Crippen LogP contribution in [0.2, 0.25) is 0 Å². The molecule has 102 valence electrons. The first-order valence-electron chi connectivity index (χ1n) is 6.47. The van der Waals surface area contributed by atoms with Gasteiger partial charge in [0.1, 0.15) is 4.88 Å². The van der Waals surface area contributed by atoms with Crippen LogP contribution in [0.5, 0.6) is 0 Å². The molecule has 0 unspecified atom stereocenters. The van der Waals surface area contributed by atoms with E-state index in [0.29, 0.717) is 17.3 Å². The standard InChI is InChI=1S/C14H19N3OS/c1-10(2)6-7-15-13(18)12-11(3)16-14(19-12)17-8-4-5-9-17/h4-5,8-10H,6-7H2,1-3H3,(H,15,18). The average molecular weight is 277 g/mol. The van der Waals surface area contributed by atoms with E-state index in [9.17, 15) is 4.79 Å². The van der Waals surface area contributed by atoms with E-state index in [2.05, 4.69) is 24.1 Å². The molecule has 0 aliphatic carbocycles. The van der Waals surface area contributed by atoms with Gasteiger partial charge in [-0.3, -0.25) is 4.79 Å². The van der Waals surface area contributed by atoms with Crippen LogP contribution in [-0.4, -0.2) is 22.0 Å². The molecule has 0 spiro atoms. The van der Waals surface area contributed by atoms with Crippen molar-refractivity contribution in [3.05, 3.63) is 35.1 Å². The van der Waals surface area contributed by atoms with E-state index in [1.165, 1.54) is 11.3 Å². The van der Waals surface area contributed by atoms with Gasteiger partial charge in [-0.2, -0.15) is 0 Å². The zero-order valence-electron chi connectivity index (χ0n) is 11.5. The largest absolute Gasteiger partial charge is 0.351 e. The smallest absolute Gasteiger partial charge is 0.263 e. The van der Waals surface area contributed by atoms with Crippen molar-refractivity contribution < 1.29 is 4.79 Å². The Morgan fingerprint density at radius 3 is 2.74 bits per heavy atom. The fourth-order valence-electron chi connectivity index (χ4n) is 1.72. The highest BCUT2D eigenvalue weighted by molar-refractivity contribution is 7.16. The summed E-state index contributed by atoms with van der Waals surface area (Å²) in [5, 5.41) is 3.78. The number of rotatable bonds is 5. The van der Waals surface area contributed by atoms with Gasteiger partial charge in [0.05, 0.1) is 5.69 Å². The monoisotopic (exact) mass is 277 g/mol. The number of aromatic nitrogens is 2. The maximum absolute atomic E-state index is 12.1. The summed E-state index contributed by atoms with van der Waals surface area (Å²) >= 11 is 1.42. The van der Waals surface area contributed by atoms with Gasteiger partial charge in [-0.15, -0.1) is 0 Å². The van der Waals surface area contributed by atoms with E-state index < -0.39 is 0 Å². The van der Waals surface area contributed by atoms with Crippen LogP contribution < -0.4 is 5.32 Å². The van der Waals surface area contributed by atoms with Crippen molar-refractivity contribution in [3.63, 3.8) is 0 Å². The SMILES string of the molecule is Cc1nc(-n2cccc2)sc1C(=O)NCCC(C)C. The molecule has 0 fully saturated rings. The fourth-order valence-corrected chi connectivity index (χ4v) is 2.67. The number of hydrogen-bond donors (Lipinski definition) is 1. The van der Waals surface area contributed by atoms with E-state index >= 15 is 0 Å². The lowest BCUT2D eigenvalue weighted by Crippen LogP contribution is -2.25. The van der Waals surface area contributed by atoms with Crippen molar-refractivity contribution in [3.8, 4) is 5.13 Å². The Bertz CT molecular complexity index is 543. The normalized spacial score (nSPS) is 10.9. The predicted molar refractivity (Wildman–Crippen MR) is 78.0 cm³/mol. The van der Waals surface area contributed by atoms with Gasteiger partial charge >= 0.3 is 0 Å². The maximum Gasteiger partial charge on any atom is 0.263 e. The number of thiazole rings is 1. The number of amides is 1. The molecule has 0 aliphatic rings. The van der Waals surface area contributed by atoms with Crippen LogP contribution in [0.25, 0.3) is 5.13 Å². The molecular weight excluding hydrogens is 258 g/mol. The van der Waals surface area contributed by atoms with Crippen LogP contribution in [0.4, 0.5) is 0 Å². The van der Waals surface area contributed by atoms with Crippen LogP contribution in [0.1, 0.15) is 35.6 Å². The van der Waals surface area contributed by atoms with Crippen LogP contribution >= 0.6 is 11.3 Å². The van der Waals surface area contributed by atoms with Gasteiger partial charge in [0.25, 0.3) is 5.91 Å². The molecular formula is C14H19N3OS. The highest BCUT2D eigenvalue weighted by Crippen LogP contribution is 2.21. The summed E-state index contributed by atoms with van der Waals surface area (Å²) in [5.41, 5.74) is 0.788. The number of nitrogens with zero attached hydrogens (tertiary/aromatic N) is 2. The summed E-state index contributed by atoms with van der Waals surface area (Å²) in [6, 6.07) is 3.89. The third kappa shape index (κ3) is 3.44. The van der Waals surface area contributed by atoms with Crippen molar-refractivity contribution in [2.75, 3.05) is 6.54 Å². The fraction of sp³-hybridized carbons (Fsp3) is 0.429. The third-order valence-corrected chi connectivity index (χ3v) is 3.99. The summed E-state index contributed by atoms with van der Waals surface area (Å²) in [6.45, 7) is 6.88. The first-order valence-corrected chi connectivity index (χ1v) is 7.28. The predicted octanol–water partition coefficient (Wildman–Crippen LogP) is 3.02.